The van der Waals surface area contributed by atoms with Crippen LogP contribution in [-0.2, 0) is 4.79 Å². The Labute approximate surface area is 151 Å². The number of piperidine rings is 1. The molecule has 2 fully saturated rings. The largest absolute Gasteiger partial charge is 0.352 e. The lowest BCUT2D eigenvalue weighted by atomic mass is 9.88. The first-order chi connectivity index (χ1) is 12.1. The second-order valence-corrected chi connectivity index (χ2v) is 7.56. The number of likely N-dealkylation sites (tertiary alicyclic amines) is 1. The molecule has 0 radical (unpaired) electrons. The van der Waals surface area contributed by atoms with Crippen LogP contribution in [0.4, 0.5) is 0 Å². The summed E-state index contributed by atoms with van der Waals surface area (Å²) in [7, 11) is 0. The minimum atomic E-state index is -0.102. The van der Waals surface area contributed by atoms with Crippen LogP contribution >= 0.6 is 0 Å². The number of benzene rings is 1. The standard InChI is InChI=1S/C21H30N2O2/c1-16(21(25)22-19-10-6-3-7-11-19)23-14-12-18(13-15-23)20(24)17-8-4-2-5-9-17/h2,4-5,8-9,16,18-19H,3,6-7,10-15H2,1H3,(H,22,25)/t16-/m1/s1. The van der Waals surface area contributed by atoms with E-state index in [1.54, 1.807) is 0 Å². The summed E-state index contributed by atoms with van der Waals surface area (Å²) in [5, 5.41) is 3.23. The highest BCUT2D eigenvalue weighted by Crippen LogP contribution is 2.23. The Hall–Kier alpha value is -1.68. The number of carbonyl (C=O) groups is 2. The van der Waals surface area contributed by atoms with E-state index in [0.717, 1.165) is 44.3 Å². The molecule has 0 bridgehead atoms. The van der Waals surface area contributed by atoms with Crippen LogP contribution in [0.2, 0.25) is 0 Å². The number of nitrogens with one attached hydrogen (secondary N) is 1. The van der Waals surface area contributed by atoms with Gasteiger partial charge < -0.3 is 5.32 Å². The third kappa shape index (κ3) is 4.69. The van der Waals surface area contributed by atoms with Crippen molar-refractivity contribution in [1.29, 1.82) is 0 Å². The SMILES string of the molecule is C[C@H](C(=O)NC1CCCCC1)N1CCC(C(=O)c2ccccc2)CC1. The molecular weight excluding hydrogens is 312 g/mol. The van der Waals surface area contributed by atoms with Gasteiger partial charge in [-0.25, -0.2) is 0 Å². The fraction of sp³-hybridized carbons (Fsp3) is 0.619. The molecule has 0 unspecified atom stereocenters. The van der Waals surface area contributed by atoms with Gasteiger partial charge in [-0.3, -0.25) is 14.5 Å². The van der Waals surface area contributed by atoms with Crippen LogP contribution in [0.3, 0.4) is 0 Å². The quantitative estimate of drug-likeness (QED) is 0.834. The monoisotopic (exact) mass is 342 g/mol. The summed E-state index contributed by atoms with van der Waals surface area (Å²) in [5.41, 5.74) is 0.809. The number of hydrogen-bond acceptors (Lipinski definition) is 3. The number of Topliss-reactive ketones (excluding diaryl/α,β-unsaturated/α-hetero) is 1. The molecule has 0 spiro atoms. The Morgan fingerprint density at radius 2 is 1.64 bits per heavy atom. The van der Waals surface area contributed by atoms with Crippen molar-refractivity contribution in [3.8, 4) is 0 Å². The van der Waals surface area contributed by atoms with E-state index in [0.29, 0.717) is 6.04 Å². The molecule has 1 aromatic carbocycles. The summed E-state index contributed by atoms with van der Waals surface area (Å²) in [6.07, 6.45) is 7.67. The van der Waals surface area contributed by atoms with Crippen molar-refractivity contribution in [2.24, 2.45) is 5.92 Å². The molecule has 1 amide bonds. The third-order valence-corrected chi connectivity index (χ3v) is 5.84. The van der Waals surface area contributed by atoms with Gasteiger partial charge in [0.15, 0.2) is 5.78 Å². The van der Waals surface area contributed by atoms with Crippen molar-refractivity contribution in [1.82, 2.24) is 10.2 Å². The molecule has 1 N–H and O–H groups in total. The average molecular weight is 342 g/mol. The fourth-order valence-electron chi connectivity index (χ4n) is 4.12. The summed E-state index contributed by atoms with van der Waals surface area (Å²) in [5.74, 6) is 0.492. The minimum Gasteiger partial charge on any atom is -0.352 e. The highest BCUT2D eigenvalue weighted by Gasteiger charge is 2.30. The second kappa shape index (κ2) is 8.61. The maximum atomic E-state index is 12.6. The van der Waals surface area contributed by atoms with E-state index >= 15 is 0 Å². The first-order valence-corrected chi connectivity index (χ1v) is 9.79. The van der Waals surface area contributed by atoms with E-state index in [1.165, 1.54) is 19.3 Å². The van der Waals surface area contributed by atoms with Gasteiger partial charge in [-0.15, -0.1) is 0 Å². The summed E-state index contributed by atoms with van der Waals surface area (Å²) >= 11 is 0. The van der Waals surface area contributed by atoms with Crippen molar-refractivity contribution in [3.05, 3.63) is 35.9 Å². The van der Waals surface area contributed by atoms with Crippen molar-refractivity contribution < 1.29 is 9.59 Å². The molecule has 136 valence electrons. The third-order valence-electron chi connectivity index (χ3n) is 5.84. The van der Waals surface area contributed by atoms with Crippen LogP contribution in [0.5, 0.6) is 0 Å². The fourth-order valence-corrected chi connectivity index (χ4v) is 4.12. The van der Waals surface area contributed by atoms with E-state index in [1.807, 2.05) is 37.3 Å². The predicted octanol–water partition coefficient (Wildman–Crippen LogP) is 3.42. The van der Waals surface area contributed by atoms with Crippen LogP contribution in [0.15, 0.2) is 30.3 Å². The molecule has 2 aliphatic rings. The first kappa shape index (κ1) is 18.1. The second-order valence-electron chi connectivity index (χ2n) is 7.56. The molecule has 1 saturated carbocycles. The molecule has 3 rings (SSSR count). The lowest BCUT2D eigenvalue weighted by Gasteiger charge is -2.35. The summed E-state index contributed by atoms with van der Waals surface area (Å²) in [6.45, 7) is 3.64. The summed E-state index contributed by atoms with van der Waals surface area (Å²) in [4.78, 5) is 27.3. The van der Waals surface area contributed by atoms with Gasteiger partial charge in [-0.1, -0.05) is 49.6 Å². The topological polar surface area (TPSA) is 49.4 Å². The normalized spacial score (nSPS) is 21.6. The summed E-state index contributed by atoms with van der Waals surface area (Å²) in [6, 6.07) is 9.83. The molecule has 25 heavy (non-hydrogen) atoms. The van der Waals surface area contributed by atoms with E-state index in [2.05, 4.69) is 10.2 Å². The van der Waals surface area contributed by atoms with Crippen LogP contribution in [0, 0.1) is 5.92 Å². The minimum absolute atomic E-state index is 0.0901. The van der Waals surface area contributed by atoms with E-state index in [-0.39, 0.29) is 23.7 Å². The van der Waals surface area contributed by atoms with Crippen LogP contribution in [0.25, 0.3) is 0 Å². The molecule has 1 heterocycles. The Morgan fingerprint density at radius 1 is 1.00 bits per heavy atom. The molecule has 4 nitrogen and oxygen atoms in total. The van der Waals surface area contributed by atoms with Crippen molar-refractivity contribution in [3.63, 3.8) is 0 Å². The zero-order chi connectivity index (χ0) is 17.6. The zero-order valence-electron chi connectivity index (χ0n) is 15.2. The van der Waals surface area contributed by atoms with Gasteiger partial charge in [0.25, 0.3) is 0 Å². The van der Waals surface area contributed by atoms with E-state index in [4.69, 9.17) is 0 Å². The molecule has 1 saturated heterocycles. The maximum Gasteiger partial charge on any atom is 0.237 e. The highest BCUT2D eigenvalue weighted by molar-refractivity contribution is 5.97. The van der Waals surface area contributed by atoms with Gasteiger partial charge >= 0.3 is 0 Å². The molecule has 4 heteroatoms. The van der Waals surface area contributed by atoms with Crippen molar-refractivity contribution >= 4 is 11.7 Å². The maximum absolute atomic E-state index is 12.6. The highest BCUT2D eigenvalue weighted by atomic mass is 16.2. The van der Waals surface area contributed by atoms with Gasteiger partial charge in [-0.2, -0.15) is 0 Å². The Kier molecular flexibility index (Phi) is 6.24. The van der Waals surface area contributed by atoms with Gasteiger partial charge in [0.1, 0.15) is 0 Å². The number of carbonyl (C=O) groups excluding carboxylic acids is 2. The molecule has 1 atom stereocenters. The Balaban J connectivity index is 1.47. The Bertz CT molecular complexity index is 573. The van der Waals surface area contributed by atoms with Crippen molar-refractivity contribution in [2.75, 3.05) is 13.1 Å². The molecule has 0 aromatic heterocycles. The van der Waals surface area contributed by atoms with Crippen LogP contribution in [-0.4, -0.2) is 41.8 Å². The number of rotatable bonds is 5. The number of nitrogens with zero attached hydrogens (tertiary/aromatic N) is 1. The summed E-state index contributed by atoms with van der Waals surface area (Å²) < 4.78 is 0. The lowest BCUT2D eigenvalue weighted by Crippen LogP contribution is -2.51. The number of amides is 1. The van der Waals surface area contributed by atoms with Crippen molar-refractivity contribution in [2.45, 2.75) is 64.0 Å². The molecule has 1 aliphatic carbocycles. The predicted molar refractivity (Wildman–Crippen MR) is 99.5 cm³/mol. The number of ketones is 1. The molecular formula is C21H30N2O2. The smallest absolute Gasteiger partial charge is 0.237 e. The molecule has 1 aliphatic heterocycles. The zero-order valence-corrected chi connectivity index (χ0v) is 15.2. The van der Waals surface area contributed by atoms with Gasteiger partial charge in [0.05, 0.1) is 6.04 Å². The average Bonchev–Trinajstić information content (AvgIpc) is 2.68. The van der Waals surface area contributed by atoms with Gasteiger partial charge in [0.2, 0.25) is 5.91 Å². The van der Waals surface area contributed by atoms with E-state index in [9.17, 15) is 9.59 Å². The van der Waals surface area contributed by atoms with Gasteiger partial charge in [-0.05, 0) is 45.7 Å². The van der Waals surface area contributed by atoms with Crippen LogP contribution < -0.4 is 5.32 Å². The van der Waals surface area contributed by atoms with E-state index < -0.39 is 0 Å². The van der Waals surface area contributed by atoms with Crippen LogP contribution in [0.1, 0.15) is 62.2 Å². The number of hydrogen-bond donors (Lipinski definition) is 1. The first-order valence-electron chi connectivity index (χ1n) is 9.79. The Morgan fingerprint density at radius 3 is 2.28 bits per heavy atom. The lowest BCUT2D eigenvalue weighted by molar-refractivity contribution is -0.127. The van der Waals surface area contributed by atoms with Gasteiger partial charge in [0, 0.05) is 17.5 Å². The molecule has 1 aromatic rings.